The molecule has 0 unspecified atom stereocenters. The number of hydrogen-bond acceptors (Lipinski definition) is 3. The van der Waals surface area contributed by atoms with Crippen molar-refractivity contribution in [3.05, 3.63) is 21.0 Å². The van der Waals surface area contributed by atoms with Crippen LogP contribution in [0.2, 0.25) is 0 Å². The fourth-order valence-electron chi connectivity index (χ4n) is 0.995. The van der Waals surface area contributed by atoms with Crippen LogP contribution in [-0.4, -0.2) is 16.1 Å². The summed E-state index contributed by atoms with van der Waals surface area (Å²) < 4.78 is 25.1. The zero-order valence-corrected chi connectivity index (χ0v) is 9.53. The van der Waals surface area contributed by atoms with Gasteiger partial charge in [0.2, 0.25) is 0 Å². The zero-order valence-electron chi connectivity index (χ0n) is 7.38. The van der Waals surface area contributed by atoms with Gasteiger partial charge in [0.25, 0.3) is 6.43 Å². The Hall–Kier alpha value is -0.990. The van der Waals surface area contributed by atoms with Crippen LogP contribution in [0.15, 0.2) is 6.07 Å². The topological polar surface area (TPSA) is 76.2 Å². The number of alkyl halides is 2. The number of rotatable bonds is 3. The summed E-state index contributed by atoms with van der Waals surface area (Å²) in [5.74, 6) is -1.16. The molecule has 0 fully saturated rings. The third-order valence-corrected chi connectivity index (χ3v) is 2.50. The molecule has 4 nitrogen and oxygen atoms in total. The van der Waals surface area contributed by atoms with Gasteiger partial charge in [-0.3, -0.25) is 4.79 Å². The lowest BCUT2D eigenvalue weighted by Gasteiger charge is -2.07. The number of pyridine rings is 1. The molecule has 1 heterocycles. The molecule has 7 heteroatoms. The van der Waals surface area contributed by atoms with Crippen molar-refractivity contribution >= 4 is 34.2 Å². The summed E-state index contributed by atoms with van der Waals surface area (Å²) in [5.41, 5.74) is 5.12. The number of aromatic nitrogens is 1. The Bertz CT molecular complexity index is 398. The summed E-state index contributed by atoms with van der Waals surface area (Å²) in [6.07, 6.45) is -3.19. The second-order valence-corrected chi connectivity index (χ2v) is 3.92. The van der Waals surface area contributed by atoms with Gasteiger partial charge in [0.15, 0.2) is 0 Å². The van der Waals surface area contributed by atoms with E-state index in [1.807, 2.05) is 0 Å². The molecule has 0 bridgehead atoms. The van der Waals surface area contributed by atoms with Gasteiger partial charge in [-0.05, 0) is 28.7 Å². The highest BCUT2D eigenvalue weighted by Crippen LogP contribution is 2.25. The van der Waals surface area contributed by atoms with Crippen molar-refractivity contribution in [3.63, 3.8) is 0 Å². The molecule has 0 aromatic carbocycles. The molecule has 1 rings (SSSR count). The van der Waals surface area contributed by atoms with Crippen LogP contribution in [0.1, 0.15) is 17.8 Å². The Kier molecular flexibility index (Phi) is 3.77. The van der Waals surface area contributed by atoms with Gasteiger partial charge in [0.05, 0.1) is 17.8 Å². The largest absolute Gasteiger partial charge is 0.481 e. The minimum atomic E-state index is -2.73. The van der Waals surface area contributed by atoms with Crippen molar-refractivity contribution in [2.75, 3.05) is 5.73 Å². The number of nitrogens with two attached hydrogens (primary N) is 1. The van der Waals surface area contributed by atoms with Crippen molar-refractivity contribution in [2.45, 2.75) is 12.8 Å². The predicted molar refractivity (Wildman–Crippen MR) is 57.7 cm³/mol. The standard InChI is InChI=1S/C8H7F2IN2O2/c9-8(10)7-3(11)1-4(12)5(13-7)2-6(14)15/h1,8H,2,12H2,(H,14,15). The third kappa shape index (κ3) is 2.98. The van der Waals surface area contributed by atoms with Gasteiger partial charge in [0, 0.05) is 3.57 Å². The fraction of sp³-hybridized carbons (Fsp3) is 0.250. The zero-order chi connectivity index (χ0) is 11.6. The van der Waals surface area contributed by atoms with Gasteiger partial charge in [-0.2, -0.15) is 0 Å². The minimum Gasteiger partial charge on any atom is -0.481 e. The summed E-state index contributed by atoms with van der Waals surface area (Å²) in [7, 11) is 0. The van der Waals surface area contributed by atoms with Gasteiger partial charge < -0.3 is 10.8 Å². The average Bonchev–Trinajstić information content (AvgIpc) is 2.08. The number of aliphatic carboxylic acids is 1. The maximum Gasteiger partial charge on any atom is 0.309 e. The number of nitrogen functional groups attached to an aromatic ring is 1. The second kappa shape index (κ2) is 4.69. The number of halogens is 3. The molecule has 15 heavy (non-hydrogen) atoms. The van der Waals surface area contributed by atoms with E-state index in [9.17, 15) is 13.6 Å². The number of hydrogen-bond donors (Lipinski definition) is 2. The summed E-state index contributed by atoms with van der Waals surface area (Å²) in [6.45, 7) is 0. The number of anilines is 1. The molecule has 1 aromatic rings. The number of carbonyl (C=O) groups is 1. The van der Waals surface area contributed by atoms with Gasteiger partial charge in [-0.15, -0.1) is 0 Å². The van der Waals surface area contributed by atoms with Gasteiger partial charge >= 0.3 is 5.97 Å². The summed E-state index contributed by atoms with van der Waals surface area (Å²) >= 11 is 1.68. The molecule has 0 saturated heterocycles. The Morgan fingerprint density at radius 2 is 2.27 bits per heavy atom. The van der Waals surface area contributed by atoms with Crippen LogP contribution >= 0.6 is 22.6 Å². The van der Waals surface area contributed by atoms with Crippen LogP contribution in [-0.2, 0) is 11.2 Å². The molecule has 0 amide bonds. The molecule has 82 valence electrons. The first kappa shape index (κ1) is 12.1. The Morgan fingerprint density at radius 1 is 1.67 bits per heavy atom. The molecular formula is C8H7F2IN2O2. The van der Waals surface area contributed by atoms with E-state index in [1.54, 1.807) is 22.6 Å². The molecule has 0 aliphatic heterocycles. The lowest BCUT2D eigenvalue weighted by molar-refractivity contribution is -0.136. The predicted octanol–water partition coefficient (Wildman–Crippen LogP) is 1.83. The van der Waals surface area contributed by atoms with Crippen molar-refractivity contribution in [2.24, 2.45) is 0 Å². The molecular weight excluding hydrogens is 321 g/mol. The smallest absolute Gasteiger partial charge is 0.309 e. The molecule has 0 saturated carbocycles. The Morgan fingerprint density at radius 3 is 2.73 bits per heavy atom. The van der Waals surface area contributed by atoms with Gasteiger partial charge in [0.1, 0.15) is 5.69 Å². The fourth-order valence-corrected chi connectivity index (χ4v) is 1.69. The molecule has 0 atom stereocenters. The van der Waals surface area contributed by atoms with Crippen LogP contribution in [0.5, 0.6) is 0 Å². The normalized spacial score (nSPS) is 10.7. The van der Waals surface area contributed by atoms with Gasteiger partial charge in [-0.1, -0.05) is 0 Å². The molecule has 1 aromatic heterocycles. The van der Waals surface area contributed by atoms with Crippen molar-refractivity contribution in [1.82, 2.24) is 4.98 Å². The maximum absolute atomic E-state index is 12.4. The van der Waals surface area contributed by atoms with Crippen LogP contribution in [0.4, 0.5) is 14.5 Å². The van der Waals surface area contributed by atoms with Crippen molar-refractivity contribution < 1.29 is 18.7 Å². The highest BCUT2D eigenvalue weighted by molar-refractivity contribution is 14.1. The SMILES string of the molecule is Nc1cc(I)c(C(F)F)nc1CC(=O)O. The highest BCUT2D eigenvalue weighted by atomic mass is 127. The highest BCUT2D eigenvalue weighted by Gasteiger charge is 2.17. The van der Waals surface area contributed by atoms with Crippen LogP contribution < -0.4 is 5.73 Å². The molecule has 3 N–H and O–H groups in total. The molecule has 0 spiro atoms. The number of nitrogens with zero attached hydrogens (tertiary/aromatic N) is 1. The molecule has 0 aliphatic carbocycles. The lowest BCUT2D eigenvalue weighted by Crippen LogP contribution is -2.09. The van der Waals surface area contributed by atoms with Crippen LogP contribution in [0, 0.1) is 3.57 Å². The quantitative estimate of drug-likeness (QED) is 0.830. The van der Waals surface area contributed by atoms with Crippen molar-refractivity contribution in [3.8, 4) is 0 Å². The summed E-state index contributed by atoms with van der Waals surface area (Å²) in [5, 5.41) is 8.51. The second-order valence-electron chi connectivity index (χ2n) is 2.76. The van der Waals surface area contributed by atoms with E-state index < -0.39 is 24.5 Å². The Balaban J connectivity index is 3.17. The van der Waals surface area contributed by atoms with Gasteiger partial charge in [-0.25, -0.2) is 13.8 Å². The first-order valence-corrected chi connectivity index (χ1v) is 4.94. The summed E-state index contributed by atoms with van der Waals surface area (Å²) in [4.78, 5) is 14.0. The number of carboxylic acid groups (broad SMARTS) is 1. The minimum absolute atomic E-state index is 0.0294. The van der Waals surface area contributed by atoms with Crippen molar-refractivity contribution in [1.29, 1.82) is 0 Å². The van der Waals surface area contributed by atoms with Crippen LogP contribution in [0.25, 0.3) is 0 Å². The van der Waals surface area contributed by atoms with E-state index in [2.05, 4.69) is 4.98 Å². The number of carboxylic acids is 1. The monoisotopic (exact) mass is 328 g/mol. The van der Waals surface area contributed by atoms with Crippen LogP contribution in [0.3, 0.4) is 0 Å². The van der Waals surface area contributed by atoms with E-state index in [0.717, 1.165) is 0 Å². The average molecular weight is 328 g/mol. The van der Waals surface area contributed by atoms with E-state index in [1.165, 1.54) is 6.07 Å². The van der Waals surface area contributed by atoms with E-state index in [4.69, 9.17) is 10.8 Å². The maximum atomic E-state index is 12.4. The Labute approximate surface area is 97.6 Å². The van der Waals surface area contributed by atoms with E-state index in [0.29, 0.717) is 0 Å². The summed E-state index contributed by atoms with van der Waals surface area (Å²) in [6, 6.07) is 1.30. The third-order valence-electron chi connectivity index (χ3n) is 1.64. The first-order chi connectivity index (χ1) is 6.91. The van der Waals surface area contributed by atoms with E-state index in [-0.39, 0.29) is 15.0 Å². The molecule has 0 radical (unpaired) electrons. The first-order valence-electron chi connectivity index (χ1n) is 3.86. The lowest BCUT2D eigenvalue weighted by atomic mass is 10.2. The van der Waals surface area contributed by atoms with E-state index >= 15 is 0 Å². The molecule has 0 aliphatic rings.